The number of aryl methyl sites for hydroxylation is 1. The summed E-state index contributed by atoms with van der Waals surface area (Å²) < 4.78 is 15.4. The van der Waals surface area contributed by atoms with Crippen molar-refractivity contribution < 1.29 is 4.39 Å². The molecule has 0 fully saturated rings. The lowest BCUT2D eigenvalue weighted by Gasteiger charge is -2.06. The third kappa shape index (κ3) is 2.08. The molecule has 0 radical (unpaired) electrons. The first kappa shape index (κ1) is 14.6. The molecule has 5 aromatic heterocycles. The molecule has 0 saturated carbocycles. The Hall–Kier alpha value is -3.68. The van der Waals surface area contributed by atoms with Gasteiger partial charge in [0.25, 0.3) is 0 Å². The van der Waals surface area contributed by atoms with Crippen molar-refractivity contribution in [3.63, 3.8) is 0 Å². The van der Waals surface area contributed by atoms with E-state index in [4.69, 9.17) is 0 Å². The lowest BCUT2D eigenvalue weighted by Crippen LogP contribution is -1.93. The predicted molar refractivity (Wildman–Crippen MR) is 94.7 cm³/mol. The van der Waals surface area contributed by atoms with E-state index >= 15 is 4.39 Å². The maximum Gasteiger partial charge on any atom is 0.184 e. The average molecular weight is 345 g/mol. The van der Waals surface area contributed by atoms with Gasteiger partial charge in [-0.3, -0.25) is 10.1 Å². The number of fused-ring (bicyclic) bond motifs is 2. The molecule has 0 aliphatic heterocycles. The second kappa shape index (κ2) is 5.41. The number of aromatic nitrogens is 7. The molecule has 0 spiro atoms. The monoisotopic (exact) mass is 345 g/mol. The van der Waals surface area contributed by atoms with E-state index in [0.29, 0.717) is 28.3 Å². The van der Waals surface area contributed by atoms with E-state index < -0.39 is 5.82 Å². The van der Waals surface area contributed by atoms with Crippen LogP contribution < -0.4 is 0 Å². The van der Waals surface area contributed by atoms with E-state index in [9.17, 15) is 0 Å². The van der Waals surface area contributed by atoms with E-state index in [1.165, 1.54) is 6.20 Å². The number of H-pyrrole nitrogens is 2. The zero-order chi connectivity index (χ0) is 17.7. The van der Waals surface area contributed by atoms with Crippen molar-refractivity contribution in [3.8, 4) is 22.6 Å². The normalized spacial score (nSPS) is 11.5. The van der Waals surface area contributed by atoms with Gasteiger partial charge in [-0.2, -0.15) is 5.10 Å². The number of nitrogens with one attached hydrogen (secondary N) is 2. The summed E-state index contributed by atoms with van der Waals surface area (Å²) in [7, 11) is 0. The highest BCUT2D eigenvalue weighted by atomic mass is 19.1. The number of hydrogen-bond donors (Lipinski definition) is 2. The highest BCUT2D eigenvalue weighted by Gasteiger charge is 2.20. The van der Waals surface area contributed by atoms with E-state index in [-0.39, 0.29) is 11.0 Å². The third-order valence-corrected chi connectivity index (χ3v) is 4.34. The number of pyridine rings is 3. The Bertz CT molecular complexity index is 1240. The largest absolute Gasteiger partial charge is 0.335 e. The molecule has 126 valence electrons. The summed E-state index contributed by atoms with van der Waals surface area (Å²) in [4.78, 5) is 20.1. The first-order chi connectivity index (χ1) is 12.7. The van der Waals surface area contributed by atoms with E-state index in [0.717, 1.165) is 11.1 Å². The second-order valence-electron chi connectivity index (χ2n) is 5.93. The minimum absolute atomic E-state index is 0.282. The fourth-order valence-corrected chi connectivity index (χ4v) is 3.02. The van der Waals surface area contributed by atoms with Crippen LogP contribution in [0.5, 0.6) is 0 Å². The topological polar surface area (TPSA) is 96.0 Å². The van der Waals surface area contributed by atoms with Crippen LogP contribution in [0.1, 0.15) is 5.56 Å². The van der Waals surface area contributed by atoms with Gasteiger partial charge in [-0.25, -0.2) is 19.3 Å². The summed E-state index contributed by atoms with van der Waals surface area (Å²) in [5, 5.41) is 7.23. The molecule has 0 atom stereocenters. The Labute approximate surface area is 146 Å². The standard InChI is InChI=1S/C18H12FN7/c1-9-4-6-20-7-10(9)11-8-22-17-13(14(11)19)15(25-26-17)18-23-12-3-2-5-21-16(12)24-18/h2-8H,1H3,(H,21,23,24)(H,22,25,26). The van der Waals surface area contributed by atoms with E-state index in [2.05, 4.69) is 35.1 Å². The minimum Gasteiger partial charge on any atom is -0.335 e. The van der Waals surface area contributed by atoms with E-state index in [1.54, 1.807) is 24.7 Å². The fourth-order valence-electron chi connectivity index (χ4n) is 3.02. The average Bonchev–Trinajstić information content (AvgIpc) is 3.27. The van der Waals surface area contributed by atoms with Crippen molar-refractivity contribution in [2.24, 2.45) is 0 Å². The Morgan fingerprint density at radius 3 is 2.77 bits per heavy atom. The van der Waals surface area contributed by atoms with Crippen LogP contribution in [0.4, 0.5) is 4.39 Å². The number of aromatic amines is 2. The van der Waals surface area contributed by atoms with Crippen LogP contribution in [0.25, 0.3) is 44.8 Å². The molecule has 2 N–H and O–H groups in total. The molecule has 5 aromatic rings. The zero-order valence-electron chi connectivity index (χ0n) is 13.7. The SMILES string of the molecule is Cc1ccncc1-c1cnc2n[nH]c(-c3nc4ncccc4[nH]3)c2c1F. The summed E-state index contributed by atoms with van der Waals surface area (Å²) in [6.45, 7) is 1.90. The molecule has 5 rings (SSSR count). The van der Waals surface area contributed by atoms with Crippen LogP contribution in [0.3, 0.4) is 0 Å². The van der Waals surface area contributed by atoms with Crippen molar-refractivity contribution >= 4 is 22.2 Å². The maximum absolute atomic E-state index is 15.4. The Morgan fingerprint density at radius 1 is 1.00 bits per heavy atom. The van der Waals surface area contributed by atoms with Crippen LogP contribution in [-0.4, -0.2) is 35.1 Å². The third-order valence-electron chi connectivity index (χ3n) is 4.34. The molecule has 0 bridgehead atoms. The van der Waals surface area contributed by atoms with Gasteiger partial charge in [0, 0.05) is 35.9 Å². The highest BCUT2D eigenvalue weighted by Crippen LogP contribution is 2.33. The molecule has 26 heavy (non-hydrogen) atoms. The molecule has 0 aliphatic carbocycles. The molecule has 8 heteroatoms. The van der Waals surface area contributed by atoms with Gasteiger partial charge in [-0.05, 0) is 30.7 Å². The van der Waals surface area contributed by atoms with Gasteiger partial charge in [0.15, 0.2) is 17.1 Å². The van der Waals surface area contributed by atoms with Gasteiger partial charge in [-0.15, -0.1) is 0 Å². The van der Waals surface area contributed by atoms with Gasteiger partial charge >= 0.3 is 0 Å². The predicted octanol–water partition coefficient (Wildman–Crippen LogP) is 3.41. The van der Waals surface area contributed by atoms with E-state index in [1.807, 2.05) is 19.1 Å². The number of rotatable bonds is 2. The van der Waals surface area contributed by atoms with Crippen LogP contribution in [0, 0.1) is 12.7 Å². The van der Waals surface area contributed by atoms with Crippen LogP contribution >= 0.6 is 0 Å². The van der Waals surface area contributed by atoms with Crippen molar-refractivity contribution in [3.05, 3.63) is 54.4 Å². The first-order valence-corrected chi connectivity index (χ1v) is 7.97. The van der Waals surface area contributed by atoms with Gasteiger partial charge in [0.05, 0.1) is 10.9 Å². The molecule has 7 nitrogen and oxygen atoms in total. The smallest absolute Gasteiger partial charge is 0.184 e. The van der Waals surface area contributed by atoms with Gasteiger partial charge < -0.3 is 4.98 Å². The number of halogens is 1. The summed E-state index contributed by atoms with van der Waals surface area (Å²) in [6, 6.07) is 5.50. The summed E-state index contributed by atoms with van der Waals surface area (Å²) in [6.07, 6.45) is 6.44. The van der Waals surface area contributed by atoms with Crippen LogP contribution in [-0.2, 0) is 0 Å². The molecule has 0 aromatic carbocycles. The summed E-state index contributed by atoms with van der Waals surface area (Å²) in [5.41, 5.74) is 4.02. The zero-order valence-corrected chi connectivity index (χ0v) is 13.7. The number of imidazole rings is 1. The van der Waals surface area contributed by atoms with Gasteiger partial charge in [0.2, 0.25) is 0 Å². The lowest BCUT2D eigenvalue weighted by molar-refractivity contribution is 0.642. The number of nitrogens with zero attached hydrogens (tertiary/aromatic N) is 5. The molecule has 5 heterocycles. The van der Waals surface area contributed by atoms with Gasteiger partial charge in [-0.1, -0.05) is 0 Å². The van der Waals surface area contributed by atoms with Crippen molar-refractivity contribution in [1.29, 1.82) is 0 Å². The van der Waals surface area contributed by atoms with Crippen molar-refractivity contribution in [2.75, 3.05) is 0 Å². The molecule has 0 saturated heterocycles. The Balaban J connectivity index is 1.77. The quantitative estimate of drug-likeness (QED) is 0.511. The fraction of sp³-hybridized carbons (Fsp3) is 0.0556. The van der Waals surface area contributed by atoms with Crippen LogP contribution in [0.2, 0.25) is 0 Å². The molecule has 0 unspecified atom stereocenters. The van der Waals surface area contributed by atoms with Crippen molar-refractivity contribution in [2.45, 2.75) is 6.92 Å². The second-order valence-corrected chi connectivity index (χ2v) is 5.93. The van der Waals surface area contributed by atoms with Crippen LogP contribution in [0.15, 0.2) is 43.0 Å². The maximum atomic E-state index is 15.4. The lowest BCUT2D eigenvalue weighted by atomic mass is 10.0. The minimum atomic E-state index is -0.414. The Morgan fingerprint density at radius 2 is 1.92 bits per heavy atom. The van der Waals surface area contributed by atoms with Gasteiger partial charge in [0.1, 0.15) is 11.5 Å². The molecular weight excluding hydrogens is 333 g/mol. The summed E-state index contributed by atoms with van der Waals surface area (Å²) in [5.74, 6) is 0.0465. The summed E-state index contributed by atoms with van der Waals surface area (Å²) >= 11 is 0. The molecule has 0 aliphatic rings. The number of hydrogen-bond acceptors (Lipinski definition) is 5. The first-order valence-electron chi connectivity index (χ1n) is 7.97. The molecular formula is C18H12FN7. The Kier molecular flexibility index (Phi) is 3.05. The van der Waals surface area contributed by atoms with Crippen molar-refractivity contribution in [1.82, 2.24) is 35.1 Å². The highest BCUT2D eigenvalue weighted by molar-refractivity contribution is 5.94. The molecule has 0 amide bonds.